The molecule has 1 fully saturated rings. The van der Waals surface area contributed by atoms with Gasteiger partial charge in [-0.15, -0.1) is 0 Å². The Morgan fingerprint density at radius 3 is 2.20 bits per heavy atom. The molecule has 0 aromatic rings. The fourth-order valence-electron chi connectivity index (χ4n) is 1.76. The molecule has 15 heavy (non-hydrogen) atoms. The van der Waals surface area contributed by atoms with Crippen molar-refractivity contribution in [2.75, 3.05) is 6.26 Å². The van der Waals surface area contributed by atoms with Crippen LogP contribution in [-0.4, -0.2) is 29.5 Å². The molecule has 6 N–H and O–H groups in total. The van der Waals surface area contributed by atoms with Gasteiger partial charge in [0.25, 0.3) is 0 Å². The summed E-state index contributed by atoms with van der Waals surface area (Å²) in [7, 11) is 0. The van der Waals surface area contributed by atoms with Crippen molar-refractivity contribution in [2.45, 2.75) is 37.0 Å². The molecular weight excluding hydrogens is 210 g/mol. The number of rotatable bonds is 2. The average molecular weight is 229 g/mol. The maximum atomic E-state index is 5.57. The predicted octanol–water partition coefficient (Wildman–Crippen LogP) is 0.249. The first kappa shape index (κ1) is 12.2. The number of nitrogens with zero attached hydrogens (tertiary/aromatic N) is 2. The lowest BCUT2D eigenvalue weighted by molar-refractivity contribution is 0.452. The van der Waals surface area contributed by atoms with Crippen LogP contribution in [0.2, 0.25) is 0 Å². The Morgan fingerprint density at radius 2 is 1.73 bits per heavy atom. The smallest absolute Gasteiger partial charge is 0.218 e. The highest BCUT2D eigenvalue weighted by Gasteiger charge is 2.19. The van der Waals surface area contributed by atoms with Crippen LogP contribution in [0.5, 0.6) is 0 Å². The fourth-order valence-corrected chi connectivity index (χ4v) is 2.50. The number of hydrogen-bond donors (Lipinski definition) is 3. The van der Waals surface area contributed by atoms with E-state index < -0.39 is 0 Å². The minimum Gasteiger partial charge on any atom is -0.370 e. The third kappa shape index (κ3) is 4.42. The summed E-state index contributed by atoms with van der Waals surface area (Å²) in [6.07, 6.45) is 6.70. The maximum Gasteiger partial charge on any atom is 0.218 e. The highest BCUT2D eigenvalue weighted by molar-refractivity contribution is 7.99. The zero-order valence-corrected chi connectivity index (χ0v) is 9.83. The van der Waals surface area contributed by atoms with Crippen molar-refractivity contribution in [2.24, 2.45) is 27.2 Å². The minimum atomic E-state index is -0.0333. The largest absolute Gasteiger partial charge is 0.370 e. The summed E-state index contributed by atoms with van der Waals surface area (Å²) < 4.78 is 0. The zero-order valence-electron chi connectivity index (χ0n) is 9.02. The number of nitrogens with two attached hydrogens (primary N) is 3. The molecule has 0 amide bonds. The molecule has 0 heterocycles. The van der Waals surface area contributed by atoms with Crippen LogP contribution in [0.15, 0.2) is 9.98 Å². The van der Waals surface area contributed by atoms with E-state index in [0.717, 1.165) is 18.1 Å². The van der Waals surface area contributed by atoms with E-state index in [4.69, 9.17) is 17.2 Å². The summed E-state index contributed by atoms with van der Waals surface area (Å²) in [6.45, 7) is 0. The first-order valence-electron chi connectivity index (χ1n) is 5.07. The Balaban J connectivity index is 2.44. The lowest BCUT2D eigenvalue weighted by Gasteiger charge is -2.24. The van der Waals surface area contributed by atoms with Gasteiger partial charge >= 0.3 is 0 Å². The summed E-state index contributed by atoms with van der Waals surface area (Å²) in [6, 6.07) is 0.288. The maximum absolute atomic E-state index is 5.57. The first-order valence-corrected chi connectivity index (χ1v) is 6.36. The van der Waals surface area contributed by atoms with E-state index in [-0.39, 0.29) is 18.0 Å². The predicted molar refractivity (Wildman–Crippen MR) is 67.0 cm³/mol. The summed E-state index contributed by atoms with van der Waals surface area (Å²) in [5.74, 6) is 0.164. The Labute approximate surface area is 94.6 Å². The van der Waals surface area contributed by atoms with E-state index in [0.29, 0.717) is 0 Å². The van der Waals surface area contributed by atoms with Crippen molar-refractivity contribution >= 4 is 23.7 Å². The van der Waals surface area contributed by atoms with E-state index in [1.165, 1.54) is 12.8 Å². The standard InChI is InChI=1S/C9H19N5S/c1-15-7-4-2-6(3-5-7)13-9(12)14-8(10)11/h6-7H,2-5H2,1H3,(H6,10,11,12,13,14). The second-order valence-corrected chi connectivity index (χ2v) is 4.83. The highest BCUT2D eigenvalue weighted by atomic mass is 32.2. The van der Waals surface area contributed by atoms with Gasteiger partial charge in [-0.05, 0) is 31.9 Å². The Morgan fingerprint density at radius 1 is 1.13 bits per heavy atom. The molecule has 0 aliphatic heterocycles. The molecule has 0 aromatic heterocycles. The van der Waals surface area contributed by atoms with E-state index in [9.17, 15) is 0 Å². The molecule has 0 atom stereocenters. The average Bonchev–Trinajstić information content (AvgIpc) is 2.17. The van der Waals surface area contributed by atoms with Gasteiger partial charge in [-0.1, -0.05) is 0 Å². The van der Waals surface area contributed by atoms with Gasteiger partial charge in [0.15, 0.2) is 5.96 Å². The van der Waals surface area contributed by atoms with Crippen LogP contribution in [0, 0.1) is 0 Å². The van der Waals surface area contributed by atoms with Crippen molar-refractivity contribution < 1.29 is 0 Å². The summed E-state index contributed by atoms with van der Waals surface area (Å²) in [5, 5.41) is 0.778. The second-order valence-electron chi connectivity index (χ2n) is 3.69. The van der Waals surface area contributed by atoms with Crippen LogP contribution < -0.4 is 17.2 Å². The van der Waals surface area contributed by atoms with Gasteiger partial charge in [-0.25, -0.2) is 4.99 Å². The number of aliphatic imine (C=N–C) groups is 2. The minimum absolute atomic E-state index is 0.0333. The quantitative estimate of drug-likeness (QED) is 0.466. The molecule has 0 radical (unpaired) electrons. The van der Waals surface area contributed by atoms with Crippen LogP contribution in [0.4, 0.5) is 0 Å². The first-order chi connectivity index (χ1) is 7.11. The van der Waals surface area contributed by atoms with Gasteiger partial charge in [-0.3, -0.25) is 0 Å². The Hall–Kier alpha value is -0.910. The monoisotopic (exact) mass is 229 g/mol. The van der Waals surface area contributed by atoms with Crippen LogP contribution in [-0.2, 0) is 0 Å². The van der Waals surface area contributed by atoms with Gasteiger partial charge in [0.05, 0.1) is 6.04 Å². The van der Waals surface area contributed by atoms with E-state index >= 15 is 0 Å². The van der Waals surface area contributed by atoms with Gasteiger partial charge in [0.2, 0.25) is 5.96 Å². The second kappa shape index (κ2) is 5.85. The van der Waals surface area contributed by atoms with Crippen molar-refractivity contribution in [1.29, 1.82) is 0 Å². The van der Waals surface area contributed by atoms with Gasteiger partial charge < -0.3 is 17.2 Å². The van der Waals surface area contributed by atoms with Gasteiger partial charge in [0, 0.05) is 5.25 Å². The molecule has 86 valence electrons. The van der Waals surface area contributed by atoms with E-state index in [1.807, 2.05) is 11.8 Å². The SMILES string of the molecule is CSC1CCC(N=C(N)N=C(N)N)CC1. The zero-order chi connectivity index (χ0) is 11.3. The topological polar surface area (TPSA) is 103 Å². The fraction of sp³-hybridized carbons (Fsp3) is 0.778. The molecule has 5 nitrogen and oxygen atoms in total. The molecule has 1 rings (SSSR count). The van der Waals surface area contributed by atoms with Crippen molar-refractivity contribution in [3.63, 3.8) is 0 Å². The highest BCUT2D eigenvalue weighted by Crippen LogP contribution is 2.28. The number of hydrogen-bond acceptors (Lipinski definition) is 2. The number of thioether (sulfide) groups is 1. The summed E-state index contributed by atoms with van der Waals surface area (Å²) in [5.41, 5.74) is 16.0. The van der Waals surface area contributed by atoms with Crippen LogP contribution in [0.3, 0.4) is 0 Å². The molecule has 0 bridgehead atoms. The number of guanidine groups is 2. The van der Waals surface area contributed by atoms with Gasteiger partial charge in [-0.2, -0.15) is 16.8 Å². The lowest BCUT2D eigenvalue weighted by Crippen LogP contribution is -2.28. The molecule has 0 unspecified atom stereocenters. The van der Waals surface area contributed by atoms with Crippen molar-refractivity contribution in [3.8, 4) is 0 Å². The summed E-state index contributed by atoms with van der Waals surface area (Å²) in [4.78, 5) is 7.99. The van der Waals surface area contributed by atoms with E-state index in [1.54, 1.807) is 0 Å². The normalized spacial score (nSPS) is 27.4. The molecule has 0 saturated heterocycles. The molecule has 1 aliphatic carbocycles. The Bertz CT molecular complexity index is 251. The van der Waals surface area contributed by atoms with Crippen molar-refractivity contribution in [3.05, 3.63) is 0 Å². The Kier molecular flexibility index (Phi) is 4.74. The van der Waals surface area contributed by atoms with Crippen LogP contribution in [0.25, 0.3) is 0 Å². The third-order valence-electron chi connectivity index (χ3n) is 2.54. The van der Waals surface area contributed by atoms with Gasteiger partial charge in [0.1, 0.15) is 0 Å². The molecule has 1 aliphatic rings. The molecule has 0 aromatic carbocycles. The molecule has 0 spiro atoms. The molecular formula is C9H19N5S. The van der Waals surface area contributed by atoms with E-state index in [2.05, 4.69) is 16.2 Å². The van der Waals surface area contributed by atoms with Crippen LogP contribution in [0.1, 0.15) is 25.7 Å². The molecule has 6 heteroatoms. The molecule has 1 saturated carbocycles. The van der Waals surface area contributed by atoms with Crippen LogP contribution >= 0.6 is 11.8 Å². The third-order valence-corrected chi connectivity index (χ3v) is 3.67. The lowest BCUT2D eigenvalue weighted by atomic mass is 9.95. The van der Waals surface area contributed by atoms with Crippen molar-refractivity contribution in [1.82, 2.24) is 0 Å². The summed E-state index contributed by atoms with van der Waals surface area (Å²) >= 11 is 1.93.